The van der Waals surface area contributed by atoms with Gasteiger partial charge in [-0.1, -0.05) is 23.9 Å². The van der Waals surface area contributed by atoms with Gasteiger partial charge in [0.1, 0.15) is 5.82 Å². The number of aromatic amines is 1. The van der Waals surface area contributed by atoms with Gasteiger partial charge in [-0.05, 0) is 24.3 Å². The Kier molecular flexibility index (Phi) is 4.35. The molecule has 0 saturated carbocycles. The van der Waals surface area contributed by atoms with Crippen molar-refractivity contribution < 1.29 is 4.79 Å². The highest BCUT2D eigenvalue weighted by atomic mass is 32.2. The number of carbonyl (C=O) groups is 1. The molecule has 1 aliphatic carbocycles. The summed E-state index contributed by atoms with van der Waals surface area (Å²) in [7, 11) is 0. The minimum atomic E-state index is -0.325. The second-order valence-electron chi connectivity index (χ2n) is 5.98. The highest BCUT2D eigenvalue weighted by Gasteiger charge is 2.38. The molecule has 1 atom stereocenters. The van der Waals surface area contributed by atoms with Gasteiger partial charge in [0.2, 0.25) is 0 Å². The monoisotopic (exact) mass is 371 g/mol. The van der Waals surface area contributed by atoms with Gasteiger partial charge in [0.15, 0.2) is 10.9 Å². The molecule has 3 heterocycles. The molecule has 128 valence electrons. The zero-order valence-electron chi connectivity index (χ0n) is 13.5. The van der Waals surface area contributed by atoms with Crippen LogP contribution < -0.4 is 10.9 Å². The Morgan fingerprint density at radius 1 is 1.40 bits per heavy atom. The topological polar surface area (TPSA) is 74.8 Å². The number of fused-ring (bicyclic) bond motifs is 1. The maximum atomic E-state index is 12.8. The summed E-state index contributed by atoms with van der Waals surface area (Å²) >= 11 is 3.00. The smallest absolute Gasteiger partial charge is 0.257 e. The van der Waals surface area contributed by atoms with Crippen molar-refractivity contribution in [3.05, 3.63) is 62.2 Å². The zero-order valence-corrected chi connectivity index (χ0v) is 15.1. The van der Waals surface area contributed by atoms with Gasteiger partial charge in [-0.25, -0.2) is 4.98 Å². The van der Waals surface area contributed by atoms with Gasteiger partial charge in [0, 0.05) is 28.3 Å². The van der Waals surface area contributed by atoms with Crippen molar-refractivity contribution in [1.82, 2.24) is 9.97 Å². The molecule has 7 heteroatoms. The number of anilines is 1. The van der Waals surface area contributed by atoms with E-state index >= 15 is 0 Å². The number of carbonyl (C=O) groups excluding carboxylic acids is 1. The molecule has 4 rings (SSSR count). The van der Waals surface area contributed by atoms with Crippen LogP contribution in [0.5, 0.6) is 0 Å². The molecule has 2 aromatic rings. The Bertz CT molecular complexity index is 928. The van der Waals surface area contributed by atoms with E-state index in [1.165, 1.54) is 11.8 Å². The van der Waals surface area contributed by atoms with Crippen molar-refractivity contribution in [2.75, 3.05) is 11.1 Å². The Morgan fingerprint density at radius 3 is 3.04 bits per heavy atom. The number of hydrogen-bond donors (Lipinski definition) is 2. The molecule has 25 heavy (non-hydrogen) atoms. The molecule has 5 nitrogen and oxygen atoms in total. The van der Waals surface area contributed by atoms with Crippen molar-refractivity contribution in [1.29, 1.82) is 0 Å². The van der Waals surface area contributed by atoms with Crippen LogP contribution in [0.15, 0.2) is 51.4 Å². The summed E-state index contributed by atoms with van der Waals surface area (Å²) in [4.78, 5) is 33.9. The van der Waals surface area contributed by atoms with Crippen molar-refractivity contribution in [2.45, 2.75) is 30.3 Å². The number of hydrogen-bond acceptors (Lipinski definition) is 6. The van der Waals surface area contributed by atoms with E-state index in [-0.39, 0.29) is 17.3 Å². The molecule has 0 bridgehead atoms. The minimum absolute atomic E-state index is 0.127. The molecule has 0 saturated heterocycles. The SMILES string of the molecule is C=CCSc1nc2c(c(=O)[nH]1)[C@@H](c1cccs1)C1=C(CCCC1=O)N2. The van der Waals surface area contributed by atoms with Crippen LogP contribution in [0.25, 0.3) is 0 Å². The van der Waals surface area contributed by atoms with E-state index in [0.29, 0.717) is 28.7 Å². The lowest BCUT2D eigenvalue weighted by Gasteiger charge is -2.32. The van der Waals surface area contributed by atoms with E-state index in [4.69, 9.17) is 0 Å². The lowest BCUT2D eigenvalue weighted by atomic mass is 9.79. The molecular formula is C18H17N3O2S2. The number of nitrogens with zero attached hydrogens (tertiary/aromatic N) is 1. The Balaban J connectivity index is 1.89. The van der Waals surface area contributed by atoms with Crippen molar-refractivity contribution in [3.8, 4) is 0 Å². The zero-order chi connectivity index (χ0) is 17.4. The van der Waals surface area contributed by atoms with E-state index in [2.05, 4.69) is 21.9 Å². The number of H-pyrrole nitrogens is 1. The van der Waals surface area contributed by atoms with Crippen molar-refractivity contribution >= 4 is 34.7 Å². The third-order valence-electron chi connectivity index (χ3n) is 4.40. The van der Waals surface area contributed by atoms with E-state index in [9.17, 15) is 9.59 Å². The fourth-order valence-corrected chi connectivity index (χ4v) is 4.83. The Hall–Kier alpha value is -2.12. The fourth-order valence-electron chi connectivity index (χ4n) is 3.39. The lowest BCUT2D eigenvalue weighted by molar-refractivity contribution is -0.116. The number of ketones is 1. The third kappa shape index (κ3) is 2.87. The highest BCUT2D eigenvalue weighted by Crippen LogP contribution is 2.44. The summed E-state index contributed by atoms with van der Waals surface area (Å²) in [5, 5.41) is 5.81. The summed E-state index contributed by atoms with van der Waals surface area (Å²) in [5.41, 5.74) is 2.01. The van der Waals surface area contributed by atoms with E-state index in [0.717, 1.165) is 29.0 Å². The number of rotatable bonds is 4. The van der Waals surface area contributed by atoms with E-state index in [1.807, 2.05) is 17.5 Å². The van der Waals surface area contributed by atoms with E-state index < -0.39 is 0 Å². The van der Waals surface area contributed by atoms with Gasteiger partial charge >= 0.3 is 0 Å². The van der Waals surface area contributed by atoms with Crippen LogP contribution in [0.2, 0.25) is 0 Å². The third-order valence-corrected chi connectivity index (χ3v) is 6.21. The Morgan fingerprint density at radius 2 is 2.28 bits per heavy atom. The van der Waals surface area contributed by atoms with Gasteiger partial charge in [-0.2, -0.15) is 0 Å². The number of thiophene rings is 1. The molecule has 2 aromatic heterocycles. The molecular weight excluding hydrogens is 354 g/mol. The maximum Gasteiger partial charge on any atom is 0.257 e. The first-order chi connectivity index (χ1) is 12.2. The number of Topliss-reactive ketones (excluding diaryl/α,β-unsaturated/α-hetero) is 1. The van der Waals surface area contributed by atoms with Crippen LogP contribution in [0.3, 0.4) is 0 Å². The maximum absolute atomic E-state index is 12.8. The predicted octanol–water partition coefficient (Wildman–Crippen LogP) is 3.67. The summed E-state index contributed by atoms with van der Waals surface area (Å²) in [6, 6.07) is 3.93. The molecule has 0 radical (unpaired) electrons. The van der Waals surface area contributed by atoms with Crippen LogP contribution in [0.4, 0.5) is 5.82 Å². The largest absolute Gasteiger partial charge is 0.343 e. The van der Waals surface area contributed by atoms with Crippen molar-refractivity contribution in [2.24, 2.45) is 0 Å². The summed E-state index contributed by atoms with van der Waals surface area (Å²) in [6.07, 6.45) is 3.95. The number of allylic oxidation sites excluding steroid dienone is 2. The van der Waals surface area contributed by atoms with Crippen LogP contribution in [0.1, 0.15) is 35.6 Å². The molecule has 0 amide bonds. The summed E-state index contributed by atoms with van der Waals surface area (Å²) < 4.78 is 0. The molecule has 0 fully saturated rings. The standard InChI is InChI=1S/C18H17N3O2S2/c1-2-8-25-18-20-16-15(17(23)21-18)14(12-7-4-9-24-12)13-10(19-16)5-3-6-11(13)22/h2,4,7,9,14H,1,3,5-6,8H2,(H2,19,20,21,23)/t14-/m0/s1. The van der Waals surface area contributed by atoms with Crippen LogP contribution >= 0.6 is 23.1 Å². The van der Waals surface area contributed by atoms with Gasteiger partial charge < -0.3 is 10.3 Å². The second kappa shape index (κ2) is 6.65. The fraction of sp³-hybridized carbons (Fsp3) is 0.278. The quantitative estimate of drug-likeness (QED) is 0.487. The first-order valence-electron chi connectivity index (χ1n) is 8.13. The summed E-state index contributed by atoms with van der Waals surface area (Å²) in [6.45, 7) is 3.69. The molecule has 0 aromatic carbocycles. The van der Waals surface area contributed by atoms with E-state index in [1.54, 1.807) is 17.4 Å². The molecule has 1 aliphatic heterocycles. The Labute approximate surface area is 153 Å². The first kappa shape index (κ1) is 16.4. The normalized spacial score (nSPS) is 19.2. The summed E-state index contributed by atoms with van der Waals surface area (Å²) in [5.74, 6) is 1.04. The van der Waals surface area contributed by atoms with Gasteiger partial charge in [0.05, 0.1) is 11.5 Å². The number of aromatic nitrogens is 2. The number of nitrogens with one attached hydrogen (secondary N) is 2. The average molecular weight is 371 g/mol. The van der Waals surface area contributed by atoms with Gasteiger partial charge in [0.25, 0.3) is 5.56 Å². The van der Waals surface area contributed by atoms with Crippen LogP contribution in [-0.4, -0.2) is 21.5 Å². The molecule has 2 aliphatic rings. The van der Waals surface area contributed by atoms with Crippen molar-refractivity contribution in [3.63, 3.8) is 0 Å². The van der Waals surface area contributed by atoms with Gasteiger partial charge in [-0.15, -0.1) is 17.9 Å². The highest BCUT2D eigenvalue weighted by molar-refractivity contribution is 7.99. The molecule has 0 spiro atoms. The predicted molar refractivity (Wildman–Crippen MR) is 101 cm³/mol. The second-order valence-corrected chi connectivity index (χ2v) is 7.96. The molecule has 0 unspecified atom stereocenters. The minimum Gasteiger partial charge on any atom is -0.343 e. The lowest BCUT2D eigenvalue weighted by Crippen LogP contribution is -2.32. The molecule has 2 N–H and O–H groups in total. The average Bonchev–Trinajstić information content (AvgIpc) is 3.12. The van der Waals surface area contributed by atoms with Crippen LogP contribution in [0, 0.1) is 0 Å². The number of thioether (sulfide) groups is 1. The van der Waals surface area contributed by atoms with Crippen LogP contribution in [-0.2, 0) is 4.79 Å². The van der Waals surface area contributed by atoms with Gasteiger partial charge in [-0.3, -0.25) is 9.59 Å². The first-order valence-corrected chi connectivity index (χ1v) is 10.00.